The van der Waals surface area contributed by atoms with Gasteiger partial charge in [0.2, 0.25) is 0 Å². The summed E-state index contributed by atoms with van der Waals surface area (Å²) in [7, 11) is 0. The van der Waals surface area contributed by atoms with Gasteiger partial charge in [-0.3, -0.25) is 0 Å². The first-order valence-electron chi connectivity index (χ1n) is 6.88. The molecular formula is C16H18N2OS. The third kappa shape index (κ3) is 2.97. The summed E-state index contributed by atoms with van der Waals surface area (Å²) in [5, 5.41) is 11.1. The van der Waals surface area contributed by atoms with Crippen LogP contribution in [0.1, 0.15) is 12.0 Å². The lowest BCUT2D eigenvalue weighted by atomic mass is 10.2. The minimum atomic E-state index is 0.102. The summed E-state index contributed by atoms with van der Waals surface area (Å²) < 4.78 is 0. The van der Waals surface area contributed by atoms with E-state index in [1.165, 1.54) is 5.69 Å². The number of pyridine rings is 1. The zero-order valence-corrected chi connectivity index (χ0v) is 12.1. The maximum atomic E-state index is 9.44. The number of nitrogens with zero attached hydrogens (tertiary/aromatic N) is 2. The highest BCUT2D eigenvalue weighted by Crippen LogP contribution is 2.32. The zero-order valence-electron chi connectivity index (χ0n) is 11.3. The van der Waals surface area contributed by atoms with Gasteiger partial charge in [0.05, 0.1) is 11.6 Å². The molecule has 1 saturated heterocycles. The fraction of sp³-hybridized carbons (Fsp3) is 0.312. The minimum absolute atomic E-state index is 0.102. The first-order valence-corrected chi connectivity index (χ1v) is 7.76. The van der Waals surface area contributed by atoms with Crippen LogP contribution in [0.15, 0.2) is 53.7 Å². The Balaban J connectivity index is 1.67. The van der Waals surface area contributed by atoms with Crippen molar-refractivity contribution in [2.24, 2.45) is 0 Å². The predicted molar refractivity (Wildman–Crippen MR) is 83.1 cm³/mol. The maximum Gasteiger partial charge on any atom is 0.0963 e. The molecule has 3 rings (SSSR count). The largest absolute Gasteiger partial charge is 0.392 e. The molecule has 1 N–H and O–H groups in total. The summed E-state index contributed by atoms with van der Waals surface area (Å²) in [6.07, 6.45) is 3.00. The van der Waals surface area contributed by atoms with Crippen molar-refractivity contribution in [2.45, 2.75) is 23.3 Å². The van der Waals surface area contributed by atoms with Crippen molar-refractivity contribution in [1.82, 2.24) is 4.98 Å². The van der Waals surface area contributed by atoms with Gasteiger partial charge in [-0.2, -0.15) is 0 Å². The lowest BCUT2D eigenvalue weighted by Crippen LogP contribution is -2.21. The molecule has 1 aromatic carbocycles. The minimum Gasteiger partial charge on any atom is -0.392 e. The standard InChI is InChI=1S/C16H18N2OS/c19-12-13-5-1-2-6-15(13)18-10-8-14(11-18)20-16-7-3-4-9-17-16/h1-7,9,14,19H,8,10-12H2. The molecule has 0 bridgehead atoms. The first-order chi connectivity index (χ1) is 9.86. The smallest absolute Gasteiger partial charge is 0.0963 e. The summed E-state index contributed by atoms with van der Waals surface area (Å²) in [5.74, 6) is 0. The molecule has 2 aromatic rings. The molecule has 0 radical (unpaired) electrons. The lowest BCUT2D eigenvalue weighted by molar-refractivity contribution is 0.282. The average Bonchev–Trinajstić information content (AvgIpc) is 2.96. The fourth-order valence-electron chi connectivity index (χ4n) is 2.58. The van der Waals surface area contributed by atoms with E-state index >= 15 is 0 Å². The highest BCUT2D eigenvalue weighted by Gasteiger charge is 2.25. The van der Waals surface area contributed by atoms with E-state index in [0.29, 0.717) is 5.25 Å². The molecule has 0 amide bonds. The number of benzene rings is 1. The van der Waals surface area contributed by atoms with Crippen LogP contribution in [0.3, 0.4) is 0 Å². The Hall–Kier alpha value is -1.52. The molecule has 0 aliphatic carbocycles. The molecule has 1 fully saturated rings. The van der Waals surface area contributed by atoms with Gasteiger partial charge in [0.15, 0.2) is 0 Å². The van der Waals surface area contributed by atoms with E-state index in [4.69, 9.17) is 0 Å². The highest BCUT2D eigenvalue weighted by atomic mass is 32.2. The van der Waals surface area contributed by atoms with Crippen LogP contribution in [-0.2, 0) is 6.61 Å². The molecule has 0 saturated carbocycles. The van der Waals surface area contributed by atoms with Gasteiger partial charge in [0, 0.05) is 35.8 Å². The van der Waals surface area contributed by atoms with Gasteiger partial charge in [0.1, 0.15) is 0 Å². The molecule has 3 nitrogen and oxygen atoms in total. The second-order valence-electron chi connectivity index (χ2n) is 4.93. The Morgan fingerprint density at radius 3 is 2.85 bits per heavy atom. The van der Waals surface area contributed by atoms with Crippen molar-refractivity contribution < 1.29 is 5.11 Å². The van der Waals surface area contributed by atoms with Crippen molar-refractivity contribution in [3.63, 3.8) is 0 Å². The Labute approximate surface area is 123 Å². The number of para-hydroxylation sites is 1. The number of aromatic nitrogens is 1. The van der Waals surface area contributed by atoms with Gasteiger partial charge in [-0.25, -0.2) is 4.98 Å². The third-order valence-electron chi connectivity index (χ3n) is 3.57. The molecular weight excluding hydrogens is 268 g/mol. The summed E-state index contributed by atoms with van der Waals surface area (Å²) >= 11 is 1.85. The molecule has 2 heterocycles. The van der Waals surface area contributed by atoms with Crippen molar-refractivity contribution in [1.29, 1.82) is 0 Å². The van der Waals surface area contributed by atoms with Gasteiger partial charge in [0.25, 0.3) is 0 Å². The van der Waals surface area contributed by atoms with Gasteiger partial charge in [-0.15, -0.1) is 11.8 Å². The average molecular weight is 286 g/mol. The SMILES string of the molecule is OCc1ccccc1N1CCC(Sc2ccccn2)C1. The van der Waals surface area contributed by atoms with Crippen molar-refractivity contribution in [3.05, 3.63) is 54.2 Å². The molecule has 1 aromatic heterocycles. The molecule has 1 atom stereocenters. The molecule has 1 aliphatic heterocycles. The van der Waals surface area contributed by atoms with Crippen LogP contribution in [0, 0.1) is 0 Å². The van der Waals surface area contributed by atoms with Gasteiger partial charge in [-0.05, 0) is 24.6 Å². The van der Waals surface area contributed by atoms with E-state index in [1.807, 2.05) is 48.3 Å². The van der Waals surface area contributed by atoms with Crippen molar-refractivity contribution in [2.75, 3.05) is 18.0 Å². The number of anilines is 1. The highest BCUT2D eigenvalue weighted by molar-refractivity contribution is 7.99. The molecule has 104 valence electrons. The fourth-order valence-corrected chi connectivity index (χ4v) is 3.68. The summed E-state index contributed by atoms with van der Waals surface area (Å²) in [4.78, 5) is 6.75. The number of aliphatic hydroxyl groups is 1. The predicted octanol–water partition coefficient (Wildman–Crippen LogP) is 2.94. The normalized spacial score (nSPS) is 18.4. The van der Waals surface area contributed by atoms with E-state index < -0.39 is 0 Å². The summed E-state index contributed by atoms with van der Waals surface area (Å²) in [6, 6.07) is 14.1. The number of aliphatic hydroxyl groups excluding tert-OH is 1. The van der Waals surface area contributed by atoms with E-state index in [1.54, 1.807) is 0 Å². The van der Waals surface area contributed by atoms with Crippen LogP contribution in [-0.4, -0.2) is 28.4 Å². The van der Waals surface area contributed by atoms with Crippen LogP contribution >= 0.6 is 11.8 Å². The Kier molecular flexibility index (Phi) is 4.23. The first kappa shape index (κ1) is 13.5. The number of hydrogen-bond acceptors (Lipinski definition) is 4. The number of hydrogen-bond donors (Lipinski definition) is 1. The van der Waals surface area contributed by atoms with E-state index in [0.717, 1.165) is 30.1 Å². The topological polar surface area (TPSA) is 36.4 Å². The van der Waals surface area contributed by atoms with Crippen molar-refractivity contribution >= 4 is 17.4 Å². The van der Waals surface area contributed by atoms with E-state index in [-0.39, 0.29) is 6.61 Å². The third-order valence-corrected chi connectivity index (χ3v) is 4.77. The lowest BCUT2D eigenvalue weighted by Gasteiger charge is -2.21. The summed E-state index contributed by atoms with van der Waals surface area (Å²) in [6.45, 7) is 2.16. The number of rotatable bonds is 4. The van der Waals surface area contributed by atoms with Crippen LogP contribution in [0.25, 0.3) is 0 Å². The van der Waals surface area contributed by atoms with Crippen LogP contribution in [0.2, 0.25) is 0 Å². The van der Waals surface area contributed by atoms with Gasteiger partial charge < -0.3 is 10.0 Å². The van der Waals surface area contributed by atoms with Crippen LogP contribution in [0.5, 0.6) is 0 Å². The van der Waals surface area contributed by atoms with Crippen LogP contribution < -0.4 is 4.90 Å². The molecule has 20 heavy (non-hydrogen) atoms. The van der Waals surface area contributed by atoms with Crippen molar-refractivity contribution in [3.8, 4) is 0 Å². The second-order valence-corrected chi connectivity index (χ2v) is 6.25. The van der Waals surface area contributed by atoms with E-state index in [2.05, 4.69) is 22.0 Å². The Morgan fingerprint density at radius 1 is 1.20 bits per heavy atom. The van der Waals surface area contributed by atoms with Gasteiger partial charge in [-0.1, -0.05) is 24.3 Å². The summed E-state index contributed by atoms with van der Waals surface area (Å²) in [5.41, 5.74) is 2.18. The van der Waals surface area contributed by atoms with Gasteiger partial charge >= 0.3 is 0 Å². The molecule has 1 aliphatic rings. The van der Waals surface area contributed by atoms with E-state index in [9.17, 15) is 5.11 Å². The Bertz CT molecular complexity index is 561. The zero-order chi connectivity index (χ0) is 13.8. The Morgan fingerprint density at radius 2 is 2.05 bits per heavy atom. The molecule has 0 spiro atoms. The molecule has 4 heteroatoms. The monoisotopic (exact) mass is 286 g/mol. The number of thioether (sulfide) groups is 1. The quantitative estimate of drug-likeness (QED) is 0.937. The maximum absolute atomic E-state index is 9.44. The second kappa shape index (κ2) is 6.29. The molecule has 1 unspecified atom stereocenters. The van der Waals surface area contributed by atoms with Crippen LogP contribution in [0.4, 0.5) is 5.69 Å².